The van der Waals surface area contributed by atoms with E-state index in [4.69, 9.17) is 14.0 Å². The molecule has 0 atom stereocenters. The van der Waals surface area contributed by atoms with E-state index in [1.807, 2.05) is 25.1 Å². The van der Waals surface area contributed by atoms with Crippen LogP contribution in [-0.4, -0.2) is 29.6 Å². The van der Waals surface area contributed by atoms with Gasteiger partial charge in [-0.25, -0.2) is 0 Å². The minimum Gasteiger partial charge on any atom is -0.493 e. The number of aromatic nitrogens is 1. The van der Waals surface area contributed by atoms with Crippen molar-refractivity contribution < 1.29 is 18.8 Å². The van der Waals surface area contributed by atoms with Crippen molar-refractivity contribution in [3.63, 3.8) is 0 Å². The summed E-state index contributed by atoms with van der Waals surface area (Å²) in [6, 6.07) is 9.42. The van der Waals surface area contributed by atoms with E-state index in [0.717, 1.165) is 12.0 Å². The maximum Gasteiger partial charge on any atom is 0.276 e. The van der Waals surface area contributed by atoms with Gasteiger partial charge in [0.1, 0.15) is 6.61 Å². The summed E-state index contributed by atoms with van der Waals surface area (Å²) in [7, 11) is 1.60. The zero-order valence-electron chi connectivity index (χ0n) is 15.2. The molecule has 1 aromatic carbocycles. The van der Waals surface area contributed by atoms with Crippen LogP contribution in [-0.2, 0) is 19.6 Å². The molecule has 4 rings (SSSR count). The van der Waals surface area contributed by atoms with E-state index < -0.39 is 0 Å². The number of hydrogen-bond donors (Lipinski definition) is 0. The number of thiophene rings is 1. The molecule has 3 aromatic rings. The van der Waals surface area contributed by atoms with Gasteiger partial charge in [0, 0.05) is 24.0 Å². The number of benzene rings is 1. The lowest BCUT2D eigenvalue weighted by molar-refractivity contribution is 0.0725. The largest absolute Gasteiger partial charge is 0.493 e. The monoisotopic (exact) mass is 384 g/mol. The highest BCUT2D eigenvalue weighted by Crippen LogP contribution is 2.29. The highest BCUT2D eigenvalue weighted by Gasteiger charge is 2.25. The van der Waals surface area contributed by atoms with Crippen LogP contribution in [0, 0.1) is 6.92 Å². The lowest BCUT2D eigenvalue weighted by Crippen LogP contribution is -2.35. The molecule has 0 unspecified atom stereocenters. The van der Waals surface area contributed by atoms with Crippen LogP contribution in [0.3, 0.4) is 0 Å². The molecule has 0 saturated carbocycles. The van der Waals surface area contributed by atoms with Crippen LogP contribution in [0.1, 0.15) is 32.3 Å². The van der Waals surface area contributed by atoms with Crippen molar-refractivity contribution in [1.82, 2.24) is 10.1 Å². The van der Waals surface area contributed by atoms with Gasteiger partial charge in [-0.1, -0.05) is 11.2 Å². The fourth-order valence-corrected chi connectivity index (χ4v) is 4.00. The summed E-state index contributed by atoms with van der Waals surface area (Å²) in [5, 5.41) is 6.00. The van der Waals surface area contributed by atoms with E-state index in [1.165, 1.54) is 10.4 Å². The van der Waals surface area contributed by atoms with Crippen molar-refractivity contribution in [1.29, 1.82) is 0 Å². The Morgan fingerprint density at radius 2 is 2.19 bits per heavy atom. The Hall–Kier alpha value is -2.80. The topological polar surface area (TPSA) is 64.8 Å². The molecule has 140 valence electrons. The standard InChI is InChI=1S/C20H20N2O4S/c1-13-3-4-17(18(9-13)24-2)25-12-15-10-16(21-26-15)20(23)22-7-5-19-14(11-22)6-8-27-19/h3-4,6,8-10H,5,7,11-12H2,1-2H3. The molecule has 27 heavy (non-hydrogen) atoms. The zero-order chi connectivity index (χ0) is 18.8. The number of aryl methyl sites for hydroxylation is 1. The van der Waals surface area contributed by atoms with Gasteiger partial charge in [-0.05, 0) is 48.1 Å². The maximum absolute atomic E-state index is 12.7. The Bertz CT molecular complexity index is 963. The van der Waals surface area contributed by atoms with E-state index in [1.54, 1.807) is 29.4 Å². The zero-order valence-corrected chi connectivity index (χ0v) is 16.0. The van der Waals surface area contributed by atoms with Crippen molar-refractivity contribution in [2.45, 2.75) is 26.5 Å². The highest BCUT2D eigenvalue weighted by atomic mass is 32.1. The van der Waals surface area contributed by atoms with Crippen molar-refractivity contribution in [2.24, 2.45) is 0 Å². The number of nitrogens with zero attached hydrogens (tertiary/aromatic N) is 2. The van der Waals surface area contributed by atoms with Crippen molar-refractivity contribution in [3.8, 4) is 11.5 Å². The predicted molar refractivity (Wildman–Crippen MR) is 101 cm³/mol. The number of amides is 1. The van der Waals surface area contributed by atoms with E-state index in [2.05, 4.69) is 16.6 Å². The second-order valence-corrected chi connectivity index (χ2v) is 7.47. The average molecular weight is 384 g/mol. The Labute approximate surface area is 161 Å². The van der Waals surface area contributed by atoms with E-state index in [-0.39, 0.29) is 12.5 Å². The summed E-state index contributed by atoms with van der Waals surface area (Å²) >= 11 is 1.75. The van der Waals surface area contributed by atoms with Gasteiger partial charge in [0.05, 0.1) is 7.11 Å². The van der Waals surface area contributed by atoms with Gasteiger partial charge < -0.3 is 18.9 Å². The van der Waals surface area contributed by atoms with Gasteiger partial charge >= 0.3 is 0 Å². The number of carbonyl (C=O) groups excluding carboxylic acids is 1. The van der Waals surface area contributed by atoms with Crippen LogP contribution in [0.15, 0.2) is 40.2 Å². The molecule has 6 nitrogen and oxygen atoms in total. The fraction of sp³-hybridized carbons (Fsp3) is 0.300. The van der Waals surface area contributed by atoms with Crippen LogP contribution >= 0.6 is 11.3 Å². The number of hydrogen-bond acceptors (Lipinski definition) is 6. The van der Waals surface area contributed by atoms with Crippen LogP contribution in [0.5, 0.6) is 11.5 Å². The van der Waals surface area contributed by atoms with Crippen LogP contribution in [0.4, 0.5) is 0 Å². The summed E-state index contributed by atoms with van der Waals surface area (Å²) in [6.07, 6.45) is 0.889. The normalized spacial score (nSPS) is 13.3. The first kappa shape index (κ1) is 17.6. The molecule has 0 aliphatic carbocycles. The van der Waals surface area contributed by atoms with Gasteiger partial charge in [0.25, 0.3) is 5.91 Å². The molecule has 3 heterocycles. The molecule has 1 amide bonds. The molecule has 7 heteroatoms. The minimum absolute atomic E-state index is 0.116. The molecule has 0 fully saturated rings. The number of rotatable bonds is 5. The van der Waals surface area contributed by atoms with Gasteiger partial charge in [-0.15, -0.1) is 11.3 Å². The Balaban J connectivity index is 1.41. The van der Waals surface area contributed by atoms with Gasteiger partial charge in [-0.3, -0.25) is 4.79 Å². The van der Waals surface area contributed by atoms with Crippen LogP contribution in [0.2, 0.25) is 0 Å². The van der Waals surface area contributed by atoms with Crippen LogP contribution < -0.4 is 9.47 Å². The summed E-state index contributed by atoms with van der Waals surface area (Å²) in [6.45, 7) is 3.48. The Morgan fingerprint density at radius 1 is 1.30 bits per heavy atom. The molecule has 1 aliphatic rings. The number of fused-ring (bicyclic) bond motifs is 1. The molecule has 0 N–H and O–H groups in total. The van der Waals surface area contributed by atoms with E-state index in [9.17, 15) is 4.79 Å². The fourth-order valence-electron chi connectivity index (χ4n) is 3.11. The molecule has 1 aliphatic heterocycles. The lowest BCUT2D eigenvalue weighted by Gasteiger charge is -2.26. The van der Waals surface area contributed by atoms with Crippen molar-refractivity contribution in [3.05, 3.63) is 63.2 Å². The third kappa shape index (κ3) is 3.68. The van der Waals surface area contributed by atoms with E-state index in [0.29, 0.717) is 36.0 Å². The summed E-state index contributed by atoms with van der Waals surface area (Å²) in [5.41, 5.74) is 2.61. The summed E-state index contributed by atoms with van der Waals surface area (Å²) in [5.74, 6) is 1.66. The first-order valence-corrected chi connectivity index (χ1v) is 9.59. The smallest absolute Gasteiger partial charge is 0.276 e. The quantitative estimate of drug-likeness (QED) is 0.669. The minimum atomic E-state index is -0.116. The average Bonchev–Trinajstić information content (AvgIpc) is 3.35. The number of carbonyl (C=O) groups is 1. The molecular formula is C20H20N2O4S. The highest BCUT2D eigenvalue weighted by molar-refractivity contribution is 7.10. The number of methoxy groups -OCH3 is 1. The van der Waals surface area contributed by atoms with Gasteiger partial charge in [0.2, 0.25) is 0 Å². The molecular weight excluding hydrogens is 364 g/mol. The van der Waals surface area contributed by atoms with Gasteiger partial charge in [-0.2, -0.15) is 0 Å². The van der Waals surface area contributed by atoms with Crippen molar-refractivity contribution >= 4 is 17.2 Å². The Kier molecular flexibility index (Phi) is 4.85. The second-order valence-electron chi connectivity index (χ2n) is 6.47. The molecule has 0 radical (unpaired) electrons. The van der Waals surface area contributed by atoms with E-state index >= 15 is 0 Å². The van der Waals surface area contributed by atoms with Gasteiger partial charge in [0.15, 0.2) is 23.0 Å². The second kappa shape index (κ2) is 7.44. The lowest BCUT2D eigenvalue weighted by atomic mass is 10.1. The predicted octanol–water partition coefficient (Wildman–Crippen LogP) is 3.83. The first-order valence-electron chi connectivity index (χ1n) is 8.71. The number of ether oxygens (including phenoxy) is 2. The molecule has 0 bridgehead atoms. The molecule has 0 spiro atoms. The first-order chi connectivity index (χ1) is 13.1. The molecule has 0 saturated heterocycles. The summed E-state index contributed by atoms with van der Waals surface area (Å²) in [4.78, 5) is 15.9. The SMILES string of the molecule is COc1cc(C)ccc1OCc1cc(C(=O)N2CCc3sccc3C2)no1. The maximum atomic E-state index is 12.7. The molecule has 2 aromatic heterocycles. The van der Waals surface area contributed by atoms with Crippen molar-refractivity contribution in [2.75, 3.05) is 13.7 Å². The summed E-state index contributed by atoms with van der Waals surface area (Å²) < 4.78 is 16.4. The van der Waals surface area contributed by atoms with Crippen LogP contribution in [0.25, 0.3) is 0 Å². The third-order valence-corrected chi connectivity index (χ3v) is 5.59. The Morgan fingerprint density at radius 3 is 3.04 bits per heavy atom. The third-order valence-electron chi connectivity index (χ3n) is 4.56.